The monoisotopic (exact) mass is 377 g/mol. The minimum Gasteiger partial charge on any atom is -0.326 e. The highest BCUT2D eigenvalue weighted by molar-refractivity contribution is 7.89. The number of hydrogen-bond donors (Lipinski definition) is 2. The Morgan fingerprint density at radius 1 is 1.12 bits per heavy atom. The van der Waals surface area contributed by atoms with Crippen molar-refractivity contribution in [2.75, 3.05) is 11.9 Å². The Labute approximate surface area is 151 Å². The van der Waals surface area contributed by atoms with Crippen molar-refractivity contribution in [3.63, 3.8) is 0 Å². The topological polar surface area (TPSA) is 99.1 Å². The molecule has 0 aliphatic carbocycles. The Balaban J connectivity index is 1.86. The molecule has 2 rings (SSSR count). The molecule has 0 fully saturated rings. The van der Waals surface area contributed by atoms with Crippen molar-refractivity contribution in [3.05, 3.63) is 59.1 Å². The molecule has 130 valence electrons. The highest BCUT2D eigenvalue weighted by Gasteiger charge is 2.17. The molecule has 6 nitrogen and oxygen atoms in total. The number of carbonyl (C=O) groups is 1. The number of rotatable bonds is 7. The maximum Gasteiger partial charge on any atom is 0.242 e. The molecule has 0 heterocycles. The lowest BCUT2D eigenvalue weighted by Crippen LogP contribution is -2.28. The Bertz CT molecular complexity index is 890. The fraction of sp³-hybridized carbons (Fsp3) is 0.176. The van der Waals surface area contributed by atoms with Crippen molar-refractivity contribution in [1.29, 1.82) is 5.26 Å². The summed E-state index contributed by atoms with van der Waals surface area (Å²) in [5.74, 6) is -0.324. The van der Waals surface area contributed by atoms with Crippen molar-refractivity contribution in [2.45, 2.75) is 17.7 Å². The molecule has 0 atom stereocenters. The van der Waals surface area contributed by atoms with E-state index in [-0.39, 0.29) is 28.8 Å². The van der Waals surface area contributed by atoms with E-state index in [1.165, 1.54) is 12.1 Å². The van der Waals surface area contributed by atoms with Gasteiger partial charge in [0.25, 0.3) is 0 Å². The normalized spacial score (nSPS) is 10.9. The summed E-state index contributed by atoms with van der Waals surface area (Å²) in [6.45, 7) is -0.0497. The molecular formula is C17H16ClN3O3S. The second kappa shape index (κ2) is 8.62. The van der Waals surface area contributed by atoms with Crippen LogP contribution in [0.5, 0.6) is 0 Å². The van der Waals surface area contributed by atoms with E-state index in [0.717, 1.165) is 5.56 Å². The van der Waals surface area contributed by atoms with E-state index in [2.05, 4.69) is 10.0 Å². The molecule has 0 aliphatic rings. The fourth-order valence-corrected chi connectivity index (χ4v) is 3.61. The van der Waals surface area contributed by atoms with Crippen LogP contribution in [-0.4, -0.2) is 20.9 Å². The van der Waals surface area contributed by atoms with Crippen LogP contribution in [0.3, 0.4) is 0 Å². The van der Waals surface area contributed by atoms with Crippen LogP contribution in [-0.2, 0) is 21.2 Å². The van der Waals surface area contributed by atoms with Crippen LogP contribution in [0.25, 0.3) is 0 Å². The van der Waals surface area contributed by atoms with Gasteiger partial charge in [-0.1, -0.05) is 35.9 Å². The summed E-state index contributed by atoms with van der Waals surface area (Å²) in [5.41, 5.74) is 1.44. The zero-order chi connectivity index (χ0) is 18.3. The van der Waals surface area contributed by atoms with E-state index in [1.54, 1.807) is 36.4 Å². The van der Waals surface area contributed by atoms with Crippen molar-refractivity contribution in [3.8, 4) is 6.07 Å². The summed E-state index contributed by atoms with van der Waals surface area (Å²) in [5, 5.41) is 11.4. The smallest absolute Gasteiger partial charge is 0.242 e. The Hall–Kier alpha value is -2.40. The summed E-state index contributed by atoms with van der Waals surface area (Å²) in [6, 6.07) is 15.0. The summed E-state index contributed by atoms with van der Waals surface area (Å²) >= 11 is 5.87. The highest BCUT2D eigenvalue weighted by atomic mass is 35.5. The standard InChI is InChI=1S/C17H16ClN3O3S/c18-15-3-1-2-4-16(15)25(23,24)20-12-10-17(22)21-14-7-5-13(6-8-14)9-11-19/h1-8,20H,9-10,12H2,(H,21,22). The first-order valence-electron chi connectivity index (χ1n) is 7.42. The fourth-order valence-electron chi connectivity index (χ4n) is 2.06. The van der Waals surface area contributed by atoms with Crippen molar-refractivity contribution >= 4 is 33.2 Å². The zero-order valence-corrected chi connectivity index (χ0v) is 14.8. The lowest BCUT2D eigenvalue weighted by Gasteiger charge is -2.09. The number of halogens is 1. The van der Waals surface area contributed by atoms with Gasteiger partial charge >= 0.3 is 0 Å². The maximum absolute atomic E-state index is 12.1. The number of carbonyl (C=O) groups excluding carboxylic acids is 1. The number of nitrogens with one attached hydrogen (secondary N) is 2. The maximum atomic E-state index is 12.1. The summed E-state index contributed by atoms with van der Waals surface area (Å²) in [6.07, 6.45) is 0.279. The molecular weight excluding hydrogens is 362 g/mol. The van der Waals surface area contributed by atoms with Gasteiger partial charge in [-0.3, -0.25) is 4.79 Å². The molecule has 0 aliphatic heterocycles. The number of benzene rings is 2. The number of amides is 1. The largest absolute Gasteiger partial charge is 0.326 e. The van der Waals surface area contributed by atoms with Gasteiger partial charge in [0.15, 0.2) is 0 Å². The third-order valence-corrected chi connectivity index (χ3v) is 5.25. The average Bonchev–Trinajstić information content (AvgIpc) is 2.57. The Morgan fingerprint density at radius 2 is 1.80 bits per heavy atom. The van der Waals surface area contributed by atoms with Crippen LogP contribution in [0.1, 0.15) is 12.0 Å². The molecule has 0 radical (unpaired) electrons. The summed E-state index contributed by atoms with van der Waals surface area (Å²) in [4.78, 5) is 11.9. The van der Waals surface area contributed by atoms with Gasteiger partial charge in [-0.2, -0.15) is 5.26 Å². The van der Waals surface area contributed by atoms with Crippen LogP contribution in [0.4, 0.5) is 5.69 Å². The third-order valence-electron chi connectivity index (χ3n) is 3.29. The van der Waals surface area contributed by atoms with E-state index in [0.29, 0.717) is 12.1 Å². The number of hydrogen-bond acceptors (Lipinski definition) is 4. The number of anilines is 1. The van der Waals surface area contributed by atoms with Crippen molar-refractivity contribution in [1.82, 2.24) is 4.72 Å². The van der Waals surface area contributed by atoms with Gasteiger partial charge in [0.05, 0.1) is 17.5 Å². The molecule has 1 amide bonds. The Morgan fingerprint density at radius 3 is 2.44 bits per heavy atom. The first kappa shape index (κ1) is 18.9. The minimum atomic E-state index is -3.76. The molecule has 0 bridgehead atoms. The van der Waals surface area contributed by atoms with Gasteiger partial charge in [0.2, 0.25) is 15.9 Å². The molecule has 25 heavy (non-hydrogen) atoms. The van der Waals surface area contributed by atoms with Gasteiger partial charge in [0, 0.05) is 18.7 Å². The van der Waals surface area contributed by atoms with E-state index in [1.807, 2.05) is 6.07 Å². The zero-order valence-electron chi connectivity index (χ0n) is 13.2. The summed E-state index contributed by atoms with van der Waals surface area (Å²) in [7, 11) is -3.76. The van der Waals surface area contributed by atoms with Gasteiger partial charge in [-0.25, -0.2) is 13.1 Å². The van der Waals surface area contributed by atoms with Gasteiger partial charge in [0.1, 0.15) is 4.90 Å². The second-order valence-electron chi connectivity index (χ2n) is 5.16. The Kier molecular flexibility index (Phi) is 6.53. The van der Waals surface area contributed by atoms with Gasteiger partial charge < -0.3 is 5.32 Å². The molecule has 2 N–H and O–H groups in total. The minimum absolute atomic E-state index is 0.0230. The molecule has 8 heteroatoms. The van der Waals surface area contributed by atoms with Crippen LogP contribution in [0.2, 0.25) is 5.02 Å². The van der Waals surface area contributed by atoms with Crippen LogP contribution < -0.4 is 10.0 Å². The van der Waals surface area contributed by atoms with Crippen molar-refractivity contribution in [2.24, 2.45) is 0 Å². The predicted octanol–water partition coefficient (Wildman–Crippen LogP) is 2.71. The molecule has 0 saturated carbocycles. The number of nitriles is 1. The van der Waals surface area contributed by atoms with Crippen LogP contribution >= 0.6 is 11.6 Å². The highest BCUT2D eigenvalue weighted by Crippen LogP contribution is 2.20. The molecule has 0 unspecified atom stereocenters. The molecule has 2 aromatic carbocycles. The summed E-state index contributed by atoms with van der Waals surface area (Å²) < 4.78 is 26.6. The van der Waals surface area contributed by atoms with Crippen LogP contribution in [0.15, 0.2) is 53.4 Å². The molecule has 2 aromatic rings. The number of nitrogens with zero attached hydrogens (tertiary/aromatic N) is 1. The lowest BCUT2D eigenvalue weighted by atomic mass is 10.1. The van der Waals surface area contributed by atoms with Gasteiger partial charge in [-0.15, -0.1) is 0 Å². The van der Waals surface area contributed by atoms with Gasteiger partial charge in [-0.05, 0) is 29.8 Å². The van der Waals surface area contributed by atoms with Crippen LogP contribution in [0, 0.1) is 11.3 Å². The third kappa shape index (κ3) is 5.57. The van der Waals surface area contributed by atoms with Crippen molar-refractivity contribution < 1.29 is 13.2 Å². The van der Waals surface area contributed by atoms with E-state index in [9.17, 15) is 13.2 Å². The SMILES string of the molecule is N#CCc1ccc(NC(=O)CCNS(=O)(=O)c2ccccc2Cl)cc1. The van der Waals surface area contributed by atoms with E-state index in [4.69, 9.17) is 16.9 Å². The molecule has 0 spiro atoms. The predicted molar refractivity (Wildman–Crippen MR) is 95.6 cm³/mol. The quantitative estimate of drug-likeness (QED) is 0.774. The number of sulfonamides is 1. The molecule has 0 saturated heterocycles. The average molecular weight is 378 g/mol. The first-order valence-corrected chi connectivity index (χ1v) is 9.28. The van der Waals surface area contributed by atoms with E-state index >= 15 is 0 Å². The van der Waals surface area contributed by atoms with E-state index < -0.39 is 10.0 Å². The second-order valence-corrected chi connectivity index (χ2v) is 7.30. The first-order chi connectivity index (χ1) is 11.9. The lowest BCUT2D eigenvalue weighted by molar-refractivity contribution is -0.116. The molecule has 0 aromatic heterocycles.